The first-order valence-corrected chi connectivity index (χ1v) is 7.58. The average molecular weight is 258 g/mol. The zero-order valence-corrected chi connectivity index (χ0v) is 13.5. The van der Waals surface area contributed by atoms with Crippen LogP contribution in [-0.4, -0.2) is 26.9 Å². The first kappa shape index (κ1) is 17.9. The van der Waals surface area contributed by atoms with Gasteiger partial charge in [0, 0.05) is 19.1 Å². The van der Waals surface area contributed by atoms with Crippen LogP contribution in [0.5, 0.6) is 0 Å². The molecule has 2 heteroatoms. The van der Waals surface area contributed by atoms with Crippen molar-refractivity contribution in [2.24, 2.45) is 10.8 Å². The molecule has 0 N–H and O–H groups in total. The zero-order chi connectivity index (χ0) is 14.1. The molecule has 0 saturated carbocycles. The Morgan fingerprint density at radius 3 is 1.78 bits per heavy atom. The molecular formula is C16H34O2. The molecule has 0 aliphatic carbocycles. The predicted octanol–water partition coefficient (Wildman–Crippen LogP) is 4.67. The lowest BCUT2D eigenvalue weighted by molar-refractivity contribution is -0.0207. The molecule has 0 spiro atoms. The predicted molar refractivity (Wildman–Crippen MR) is 79.0 cm³/mol. The lowest BCUT2D eigenvalue weighted by atomic mass is 9.81. The fourth-order valence-corrected chi connectivity index (χ4v) is 2.22. The molecular weight excluding hydrogens is 224 g/mol. The largest absolute Gasteiger partial charge is 0.384 e. The summed E-state index contributed by atoms with van der Waals surface area (Å²) in [6, 6.07) is 0. The van der Waals surface area contributed by atoms with Gasteiger partial charge in [-0.1, -0.05) is 47.5 Å². The molecule has 0 aromatic carbocycles. The van der Waals surface area contributed by atoms with E-state index in [0.717, 1.165) is 39.1 Å². The molecule has 0 aromatic heterocycles. The van der Waals surface area contributed by atoms with Crippen LogP contribution < -0.4 is 0 Å². The average Bonchev–Trinajstić information content (AvgIpc) is 2.42. The van der Waals surface area contributed by atoms with Crippen LogP contribution in [0.15, 0.2) is 0 Å². The highest BCUT2D eigenvalue weighted by Crippen LogP contribution is 2.31. The third kappa shape index (κ3) is 5.71. The van der Waals surface area contributed by atoms with Gasteiger partial charge in [0.15, 0.2) is 0 Å². The van der Waals surface area contributed by atoms with Gasteiger partial charge >= 0.3 is 0 Å². The number of hydrogen-bond donors (Lipinski definition) is 0. The van der Waals surface area contributed by atoms with Gasteiger partial charge in [0.1, 0.15) is 0 Å². The van der Waals surface area contributed by atoms with E-state index in [1.54, 1.807) is 7.11 Å². The summed E-state index contributed by atoms with van der Waals surface area (Å²) in [7, 11) is 1.78. The maximum Gasteiger partial charge on any atom is 0.0544 e. The number of rotatable bonds is 11. The number of hydrogen-bond acceptors (Lipinski definition) is 2. The standard InChI is InChI=1S/C16H34O2/c1-7-15(5,8-2)11-12-18-14-16(9-3,10-4)13-17-6/h7-14H2,1-6H3. The monoisotopic (exact) mass is 258 g/mol. The molecule has 0 atom stereocenters. The van der Waals surface area contributed by atoms with Crippen LogP contribution in [0.3, 0.4) is 0 Å². The molecule has 0 rings (SSSR count). The van der Waals surface area contributed by atoms with E-state index in [-0.39, 0.29) is 5.41 Å². The van der Waals surface area contributed by atoms with Gasteiger partial charge in [0.05, 0.1) is 13.2 Å². The van der Waals surface area contributed by atoms with E-state index >= 15 is 0 Å². The molecule has 0 aromatic rings. The molecule has 0 fully saturated rings. The van der Waals surface area contributed by atoms with Crippen molar-refractivity contribution in [1.29, 1.82) is 0 Å². The minimum Gasteiger partial charge on any atom is -0.384 e. The Hall–Kier alpha value is -0.0800. The van der Waals surface area contributed by atoms with E-state index < -0.39 is 0 Å². The van der Waals surface area contributed by atoms with Crippen molar-refractivity contribution in [2.75, 3.05) is 26.9 Å². The van der Waals surface area contributed by atoms with E-state index in [9.17, 15) is 0 Å². The van der Waals surface area contributed by atoms with Crippen molar-refractivity contribution >= 4 is 0 Å². The van der Waals surface area contributed by atoms with Crippen molar-refractivity contribution in [3.8, 4) is 0 Å². The SMILES string of the molecule is CCC(C)(CC)CCOCC(CC)(CC)COC. The van der Waals surface area contributed by atoms with Crippen LogP contribution in [0, 0.1) is 10.8 Å². The quantitative estimate of drug-likeness (QED) is 0.501. The van der Waals surface area contributed by atoms with Crippen molar-refractivity contribution in [1.82, 2.24) is 0 Å². The minimum atomic E-state index is 0.212. The van der Waals surface area contributed by atoms with Crippen LogP contribution in [-0.2, 0) is 9.47 Å². The highest BCUT2D eigenvalue weighted by atomic mass is 16.5. The first-order chi connectivity index (χ1) is 8.51. The second-order valence-corrected chi connectivity index (χ2v) is 5.96. The van der Waals surface area contributed by atoms with Crippen LogP contribution in [0.4, 0.5) is 0 Å². The van der Waals surface area contributed by atoms with Crippen molar-refractivity contribution in [2.45, 2.75) is 66.7 Å². The molecule has 0 unspecified atom stereocenters. The maximum absolute atomic E-state index is 5.95. The van der Waals surface area contributed by atoms with Gasteiger partial charge in [-0.3, -0.25) is 0 Å². The Morgan fingerprint density at radius 1 is 0.833 bits per heavy atom. The second kappa shape index (κ2) is 8.92. The molecule has 0 radical (unpaired) electrons. The van der Waals surface area contributed by atoms with E-state index in [4.69, 9.17) is 9.47 Å². The van der Waals surface area contributed by atoms with E-state index in [1.165, 1.54) is 12.8 Å². The van der Waals surface area contributed by atoms with Gasteiger partial charge in [0.2, 0.25) is 0 Å². The highest BCUT2D eigenvalue weighted by Gasteiger charge is 2.27. The summed E-state index contributed by atoms with van der Waals surface area (Å²) in [4.78, 5) is 0. The van der Waals surface area contributed by atoms with E-state index in [1.807, 2.05) is 0 Å². The van der Waals surface area contributed by atoms with Gasteiger partial charge in [-0.25, -0.2) is 0 Å². The molecule has 2 nitrogen and oxygen atoms in total. The minimum absolute atomic E-state index is 0.212. The van der Waals surface area contributed by atoms with Gasteiger partial charge in [-0.2, -0.15) is 0 Å². The molecule has 0 amide bonds. The number of ether oxygens (including phenoxy) is 2. The Morgan fingerprint density at radius 2 is 1.39 bits per heavy atom. The zero-order valence-electron chi connectivity index (χ0n) is 13.5. The Labute approximate surface area is 114 Å². The Balaban J connectivity index is 4.07. The van der Waals surface area contributed by atoms with Crippen LogP contribution >= 0.6 is 0 Å². The first-order valence-electron chi connectivity index (χ1n) is 7.58. The van der Waals surface area contributed by atoms with Gasteiger partial charge in [-0.05, 0) is 24.7 Å². The lowest BCUT2D eigenvalue weighted by Gasteiger charge is -2.32. The Bertz CT molecular complexity index is 193. The fourth-order valence-electron chi connectivity index (χ4n) is 2.22. The van der Waals surface area contributed by atoms with Gasteiger partial charge in [0.25, 0.3) is 0 Å². The van der Waals surface area contributed by atoms with Crippen molar-refractivity contribution in [3.63, 3.8) is 0 Å². The fraction of sp³-hybridized carbons (Fsp3) is 1.00. The molecule has 18 heavy (non-hydrogen) atoms. The van der Waals surface area contributed by atoms with E-state index in [0.29, 0.717) is 5.41 Å². The third-order valence-electron chi connectivity index (χ3n) is 4.92. The van der Waals surface area contributed by atoms with Crippen molar-refractivity contribution in [3.05, 3.63) is 0 Å². The molecule has 0 bridgehead atoms. The number of methoxy groups -OCH3 is 1. The molecule has 0 heterocycles. The van der Waals surface area contributed by atoms with Gasteiger partial charge < -0.3 is 9.47 Å². The van der Waals surface area contributed by atoms with Crippen LogP contribution in [0.1, 0.15) is 66.7 Å². The second-order valence-electron chi connectivity index (χ2n) is 5.96. The van der Waals surface area contributed by atoms with E-state index in [2.05, 4.69) is 34.6 Å². The molecule has 0 aliphatic rings. The Kier molecular flexibility index (Phi) is 8.89. The summed E-state index contributed by atoms with van der Waals surface area (Å²) in [5, 5.41) is 0. The topological polar surface area (TPSA) is 18.5 Å². The highest BCUT2D eigenvalue weighted by molar-refractivity contribution is 4.76. The molecule has 110 valence electrons. The summed E-state index contributed by atoms with van der Waals surface area (Å²) in [5.74, 6) is 0. The summed E-state index contributed by atoms with van der Waals surface area (Å²) in [6.45, 7) is 13.9. The third-order valence-corrected chi connectivity index (χ3v) is 4.92. The van der Waals surface area contributed by atoms with Crippen LogP contribution in [0.25, 0.3) is 0 Å². The van der Waals surface area contributed by atoms with Gasteiger partial charge in [-0.15, -0.1) is 0 Å². The summed E-state index contributed by atoms with van der Waals surface area (Å²) < 4.78 is 11.3. The molecule has 0 saturated heterocycles. The van der Waals surface area contributed by atoms with Crippen molar-refractivity contribution < 1.29 is 9.47 Å². The lowest BCUT2D eigenvalue weighted by Crippen LogP contribution is -2.31. The smallest absolute Gasteiger partial charge is 0.0544 e. The normalized spacial score (nSPS) is 13.0. The summed E-state index contributed by atoms with van der Waals surface area (Å²) >= 11 is 0. The summed E-state index contributed by atoms with van der Waals surface area (Å²) in [5.41, 5.74) is 0.659. The molecule has 0 aliphatic heterocycles. The van der Waals surface area contributed by atoms with Crippen LogP contribution in [0.2, 0.25) is 0 Å². The summed E-state index contributed by atoms with van der Waals surface area (Å²) in [6.07, 6.45) is 5.87. The maximum atomic E-state index is 5.95.